The van der Waals surface area contributed by atoms with Gasteiger partial charge in [0, 0.05) is 18.3 Å². The van der Waals surface area contributed by atoms with E-state index in [1.54, 1.807) is 0 Å². The number of anilines is 1. The van der Waals surface area contributed by atoms with Gasteiger partial charge in [-0.15, -0.1) is 0 Å². The monoisotopic (exact) mass is 335 g/mol. The van der Waals surface area contributed by atoms with Gasteiger partial charge in [-0.2, -0.15) is 0 Å². The molecule has 3 nitrogen and oxygen atoms in total. The van der Waals surface area contributed by atoms with Gasteiger partial charge in [0.05, 0.1) is 11.5 Å². The summed E-state index contributed by atoms with van der Waals surface area (Å²) in [5, 5.41) is 3.58. The van der Waals surface area contributed by atoms with Crippen LogP contribution >= 0.6 is 0 Å². The largest absolute Gasteiger partial charge is 0.343 e. The van der Waals surface area contributed by atoms with Crippen LogP contribution in [0.5, 0.6) is 0 Å². The Kier molecular flexibility index (Phi) is 4.33. The summed E-state index contributed by atoms with van der Waals surface area (Å²) < 4.78 is 0. The average molecular weight is 335 g/mol. The molecule has 1 spiro atoms. The van der Waals surface area contributed by atoms with Gasteiger partial charge in [-0.3, -0.25) is 9.89 Å². The fourth-order valence-electron chi connectivity index (χ4n) is 4.64. The first-order chi connectivity index (χ1) is 12.2. The SMILES string of the molecule is CCc1cc2c(cc1C#CC(C)N1CCCC1)NC(=NC)C21CCC1. The molecule has 1 aromatic carbocycles. The van der Waals surface area contributed by atoms with Gasteiger partial charge in [0.1, 0.15) is 5.84 Å². The number of nitrogens with zero attached hydrogens (tertiary/aromatic N) is 2. The van der Waals surface area contributed by atoms with Gasteiger partial charge >= 0.3 is 0 Å². The first-order valence-electron chi connectivity index (χ1n) is 9.85. The molecular formula is C22H29N3. The zero-order valence-corrected chi connectivity index (χ0v) is 15.8. The van der Waals surface area contributed by atoms with E-state index >= 15 is 0 Å². The van der Waals surface area contributed by atoms with E-state index in [-0.39, 0.29) is 5.41 Å². The minimum Gasteiger partial charge on any atom is -0.343 e. The maximum Gasteiger partial charge on any atom is 0.111 e. The second kappa shape index (κ2) is 6.50. The molecule has 3 heteroatoms. The molecule has 0 bridgehead atoms. The molecule has 2 fully saturated rings. The summed E-state index contributed by atoms with van der Waals surface area (Å²) in [4.78, 5) is 7.05. The van der Waals surface area contributed by atoms with Gasteiger partial charge in [0.25, 0.3) is 0 Å². The van der Waals surface area contributed by atoms with Crippen LogP contribution in [0.1, 0.15) is 62.6 Å². The van der Waals surface area contributed by atoms with Crippen molar-refractivity contribution in [3.63, 3.8) is 0 Å². The summed E-state index contributed by atoms with van der Waals surface area (Å²) in [5.41, 5.74) is 5.42. The van der Waals surface area contributed by atoms with E-state index in [9.17, 15) is 0 Å². The predicted molar refractivity (Wildman–Crippen MR) is 105 cm³/mol. The smallest absolute Gasteiger partial charge is 0.111 e. The standard InChI is InChI=1S/C22H29N3/c1-4-17-14-19-20(24-21(23-3)22(19)10-7-11-22)15-18(17)9-8-16(2)25-12-5-6-13-25/h14-16H,4-7,10-13H2,1-3H3,(H,23,24). The summed E-state index contributed by atoms with van der Waals surface area (Å²) in [6, 6.07) is 5.03. The highest BCUT2D eigenvalue weighted by Crippen LogP contribution is 2.52. The minimum absolute atomic E-state index is 0.169. The number of aryl methyl sites for hydroxylation is 1. The maximum atomic E-state index is 4.55. The quantitative estimate of drug-likeness (QED) is 0.829. The van der Waals surface area contributed by atoms with Crippen LogP contribution in [0.15, 0.2) is 17.1 Å². The third-order valence-electron chi connectivity index (χ3n) is 6.38. The Morgan fingerprint density at radius 1 is 1.24 bits per heavy atom. The Hall–Kier alpha value is -1.79. The number of rotatable bonds is 2. The predicted octanol–water partition coefficient (Wildman–Crippen LogP) is 3.96. The first kappa shape index (κ1) is 16.7. The zero-order valence-electron chi connectivity index (χ0n) is 15.8. The number of fused-ring (bicyclic) bond motifs is 2. The second-order valence-electron chi connectivity index (χ2n) is 7.73. The van der Waals surface area contributed by atoms with Crippen molar-refractivity contribution < 1.29 is 0 Å². The molecule has 1 unspecified atom stereocenters. The Balaban J connectivity index is 1.67. The Morgan fingerprint density at radius 3 is 2.60 bits per heavy atom. The molecule has 1 atom stereocenters. The Morgan fingerprint density at radius 2 is 2.00 bits per heavy atom. The van der Waals surface area contributed by atoms with Crippen LogP contribution in [0.25, 0.3) is 0 Å². The van der Waals surface area contributed by atoms with Gasteiger partial charge in [-0.1, -0.05) is 31.3 Å². The van der Waals surface area contributed by atoms with E-state index in [4.69, 9.17) is 0 Å². The number of likely N-dealkylation sites (tertiary alicyclic amines) is 1. The highest BCUT2D eigenvalue weighted by Gasteiger charge is 2.49. The van der Waals surface area contributed by atoms with Gasteiger partial charge < -0.3 is 5.32 Å². The molecule has 1 N–H and O–H groups in total. The molecule has 2 heterocycles. The fourth-order valence-corrected chi connectivity index (χ4v) is 4.64. The van der Waals surface area contributed by atoms with Crippen LogP contribution in [0.4, 0.5) is 5.69 Å². The maximum absolute atomic E-state index is 4.55. The molecule has 2 aliphatic heterocycles. The number of benzene rings is 1. The van der Waals surface area contributed by atoms with Crippen molar-refractivity contribution in [2.75, 3.05) is 25.5 Å². The molecule has 4 rings (SSSR count). The number of amidine groups is 1. The van der Waals surface area contributed by atoms with E-state index < -0.39 is 0 Å². The van der Waals surface area contributed by atoms with Crippen molar-refractivity contribution in [1.29, 1.82) is 0 Å². The van der Waals surface area contributed by atoms with Crippen LogP contribution in [0.2, 0.25) is 0 Å². The number of hydrogen-bond donors (Lipinski definition) is 1. The van der Waals surface area contributed by atoms with Crippen molar-refractivity contribution >= 4 is 11.5 Å². The minimum atomic E-state index is 0.169. The van der Waals surface area contributed by atoms with Crippen molar-refractivity contribution in [3.05, 3.63) is 28.8 Å². The number of nitrogens with one attached hydrogen (secondary N) is 1. The molecular weight excluding hydrogens is 306 g/mol. The van der Waals surface area contributed by atoms with Crippen molar-refractivity contribution in [2.45, 2.75) is 63.8 Å². The topological polar surface area (TPSA) is 27.6 Å². The van der Waals surface area contributed by atoms with E-state index in [2.05, 4.69) is 53.0 Å². The second-order valence-corrected chi connectivity index (χ2v) is 7.73. The summed E-state index contributed by atoms with van der Waals surface area (Å²) in [6.45, 7) is 6.87. The summed E-state index contributed by atoms with van der Waals surface area (Å²) >= 11 is 0. The van der Waals surface area contributed by atoms with Gasteiger partial charge in [0.2, 0.25) is 0 Å². The highest BCUT2D eigenvalue weighted by atomic mass is 15.2. The molecule has 0 radical (unpaired) electrons. The molecule has 1 aliphatic carbocycles. The first-order valence-corrected chi connectivity index (χ1v) is 9.85. The molecule has 1 saturated heterocycles. The lowest BCUT2D eigenvalue weighted by Crippen LogP contribution is -2.41. The molecule has 132 valence electrons. The number of hydrogen-bond acceptors (Lipinski definition) is 2. The van der Waals surface area contributed by atoms with E-state index in [1.807, 2.05) is 7.05 Å². The lowest BCUT2D eigenvalue weighted by atomic mass is 9.64. The number of aliphatic imine (C=N–C) groups is 1. The molecule has 0 amide bonds. The normalized spacial score (nSPS) is 23.7. The van der Waals surface area contributed by atoms with E-state index in [0.717, 1.165) is 12.3 Å². The highest BCUT2D eigenvalue weighted by molar-refractivity contribution is 6.10. The Bertz CT molecular complexity index is 755. The third kappa shape index (κ3) is 2.68. The molecule has 1 saturated carbocycles. The molecule has 0 aromatic heterocycles. The average Bonchev–Trinajstić information content (AvgIpc) is 3.23. The zero-order chi connectivity index (χ0) is 17.4. The van der Waals surface area contributed by atoms with Crippen LogP contribution in [0.3, 0.4) is 0 Å². The van der Waals surface area contributed by atoms with Gasteiger partial charge in [-0.05, 0) is 69.3 Å². The molecule has 3 aliphatic rings. The van der Waals surface area contributed by atoms with Crippen molar-refractivity contribution in [1.82, 2.24) is 4.90 Å². The Labute approximate surface area is 151 Å². The van der Waals surface area contributed by atoms with Crippen LogP contribution < -0.4 is 5.32 Å². The van der Waals surface area contributed by atoms with Gasteiger partial charge in [-0.25, -0.2) is 0 Å². The molecule has 1 aromatic rings. The van der Waals surface area contributed by atoms with Crippen molar-refractivity contribution in [3.8, 4) is 11.8 Å². The molecule has 25 heavy (non-hydrogen) atoms. The summed E-state index contributed by atoms with van der Waals surface area (Å²) in [6.07, 6.45) is 7.41. The lowest BCUT2D eigenvalue weighted by Gasteiger charge is -2.38. The summed E-state index contributed by atoms with van der Waals surface area (Å²) in [7, 11) is 1.91. The van der Waals surface area contributed by atoms with E-state index in [0.29, 0.717) is 6.04 Å². The third-order valence-corrected chi connectivity index (χ3v) is 6.38. The summed E-state index contributed by atoms with van der Waals surface area (Å²) in [5.74, 6) is 8.15. The van der Waals surface area contributed by atoms with Crippen LogP contribution in [-0.4, -0.2) is 36.9 Å². The van der Waals surface area contributed by atoms with Crippen LogP contribution in [0, 0.1) is 11.8 Å². The van der Waals surface area contributed by atoms with E-state index in [1.165, 1.54) is 67.6 Å². The lowest BCUT2D eigenvalue weighted by molar-refractivity contribution is 0.308. The van der Waals surface area contributed by atoms with Crippen molar-refractivity contribution in [2.24, 2.45) is 4.99 Å². The fraction of sp³-hybridized carbons (Fsp3) is 0.591. The van der Waals surface area contributed by atoms with Crippen LogP contribution in [-0.2, 0) is 11.8 Å². The van der Waals surface area contributed by atoms with Gasteiger partial charge in [0.15, 0.2) is 0 Å².